The number of anilines is 1. The number of hydrogen-bond donors (Lipinski definition) is 3. The van der Waals surface area contributed by atoms with Crippen molar-refractivity contribution in [1.82, 2.24) is 9.88 Å². The number of hydrogen-bond acceptors (Lipinski definition) is 6. The molecule has 0 aliphatic carbocycles. The fraction of sp³-hybridized carbons (Fsp3) is 0.706. The van der Waals surface area contributed by atoms with E-state index in [1.165, 1.54) is 6.07 Å². The van der Waals surface area contributed by atoms with E-state index in [-0.39, 0.29) is 19.0 Å². The monoisotopic (exact) mass is 375 g/mol. The molecule has 2 fully saturated rings. The molecule has 0 radical (unpaired) electrons. The van der Waals surface area contributed by atoms with Crippen molar-refractivity contribution in [3.8, 4) is 0 Å². The van der Waals surface area contributed by atoms with Gasteiger partial charge in [-0.2, -0.15) is 13.2 Å². The number of likely N-dealkylation sites (tertiary alicyclic amines) is 1. The first-order chi connectivity index (χ1) is 12.2. The van der Waals surface area contributed by atoms with E-state index in [2.05, 4.69) is 4.98 Å². The van der Waals surface area contributed by atoms with Gasteiger partial charge in [-0.15, -0.1) is 0 Å². The highest BCUT2D eigenvalue weighted by atomic mass is 19.4. The van der Waals surface area contributed by atoms with E-state index in [9.17, 15) is 28.5 Å². The summed E-state index contributed by atoms with van der Waals surface area (Å²) < 4.78 is 38.6. The number of aliphatic hydroxyl groups is 3. The minimum atomic E-state index is -4.47. The third-order valence-corrected chi connectivity index (χ3v) is 5.06. The van der Waals surface area contributed by atoms with Crippen LogP contribution in [-0.2, 0) is 6.18 Å². The first-order valence-electron chi connectivity index (χ1n) is 8.80. The largest absolute Gasteiger partial charge is 0.433 e. The molecule has 3 rings (SSSR count). The minimum absolute atomic E-state index is 0.190. The molecule has 1 aromatic heterocycles. The topological polar surface area (TPSA) is 80.1 Å². The highest BCUT2D eigenvalue weighted by Crippen LogP contribution is 2.30. The van der Waals surface area contributed by atoms with Gasteiger partial charge in [0.2, 0.25) is 0 Å². The molecular weight excluding hydrogens is 351 g/mol. The van der Waals surface area contributed by atoms with Crippen molar-refractivity contribution in [2.45, 2.75) is 37.3 Å². The molecule has 3 heterocycles. The molecule has 146 valence electrons. The van der Waals surface area contributed by atoms with Gasteiger partial charge in [0.05, 0.1) is 12.2 Å². The Morgan fingerprint density at radius 3 is 2.42 bits per heavy atom. The lowest BCUT2D eigenvalue weighted by Gasteiger charge is -2.41. The molecular formula is C17H24F3N3O3. The lowest BCUT2D eigenvalue weighted by atomic mass is 9.95. The standard InChI is InChI=1S/C17H24F3N3O3/c18-17(19,20)14-4-1-5-15(21-14)23-6-2-3-11(8-23)7-22-9-12(24)16(26)13(25)10-22/h1,4-5,11-13,16,24-26H,2-3,6-10H2/t11-,12-,13+,16+/m1/s1. The summed E-state index contributed by atoms with van der Waals surface area (Å²) in [6.07, 6.45) is -5.84. The van der Waals surface area contributed by atoms with Crippen LogP contribution in [0.2, 0.25) is 0 Å². The summed E-state index contributed by atoms with van der Waals surface area (Å²) in [5.41, 5.74) is -0.895. The van der Waals surface area contributed by atoms with Gasteiger partial charge in [-0.3, -0.25) is 4.90 Å². The second kappa shape index (κ2) is 7.67. The number of halogens is 3. The van der Waals surface area contributed by atoms with E-state index in [1.54, 1.807) is 6.07 Å². The normalized spacial score (nSPS) is 31.2. The van der Waals surface area contributed by atoms with E-state index < -0.39 is 30.2 Å². The number of β-amino-alcohol motifs (C(OH)–C–C–N with tert-alkyl or cyclic N) is 2. The third-order valence-electron chi connectivity index (χ3n) is 5.06. The summed E-state index contributed by atoms with van der Waals surface area (Å²) in [5.74, 6) is 0.508. The lowest BCUT2D eigenvalue weighted by molar-refractivity contribution is -0.141. The number of piperidine rings is 2. The predicted molar refractivity (Wildman–Crippen MR) is 88.6 cm³/mol. The summed E-state index contributed by atoms with van der Waals surface area (Å²) in [7, 11) is 0. The fourth-order valence-corrected chi connectivity index (χ4v) is 3.77. The number of nitrogens with zero attached hydrogens (tertiary/aromatic N) is 3. The molecule has 0 spiro atoms. The zero-order valence-electron chi connectivity index (χ0n) is 14.3. The van der Waals surface area contributed by atoms with E-state index in [0.717, 1.165) is 18.9 Å². The third kappa shape index (κ3) is 4.46. The zero-order valence-corrected chi connectivity index (χ0v) is 14.3. The molecule has 6 nitrogen and oxygen atoms in total. The number of pyridine rings is 1. The zero-order chi connectivity index (χ0) is 18.9. The Kier molecular flexibility index (Phi) is 5.71. The van der Waals surface area contributed by atoms with Crippen LogP contribution in [0, 0.1) is 5.92 Å². The molecule has 2 aliphatic heterocycles. The van der Waals surface area contributed by atoms with Gasteiger partial charge in [0, 0.05) is 32.7 Å². The first-order valence-corrected chi connectivity index (χ1v) is 8.80. The smallest absolute Gasteiger partial charge is 0.389 e. The fourth-order valence-electron chi connectivity index (χ4n) is 3.77. The van der Waals surface area contributed by atoms with Gasteiger partial charge in [-0.05, 0) is 30.9 Å². The van der Waals surface area contributed by atoms with Crippen LogP contribution in [0.25, 0.3) is 0 Å². The second-order valence-electron chi connectivity index (χ2n) is 7.18. The van der Waals surface area contributed by atoms with Crippen LogP contribution in [0.3, 0.4) is 0 Å². The molecule has 0 bridgehead atoms. The van der Waals surface area contributed by atoms with Crippen LogP contribution in [0.5, 0.6) is 0 Å². The average Bonchev–Trinajstić information content (AvgIpc) is 2.59. The summed E-state index contributed by atoms with van der Waals surface area (Å²) >= 11 is 0. The minimum Gasteiger partial charge on any atom is -0.389 e. The van der Waals surface area contributed by atoms with Gasteiger partial charge in [-0.1, -0.05) is 6.07 Å². The Morgan fingerprint density at radius 2 is 1.77 bits per heavy atom. The van der Waals surface area contributed by atoms with Crippen LogP contribution >= 0.6 is 0 Å². The van der Waals surface area contributed by atoms with Crippen LogP contribution in [0.1, 0.15) is 18.5 Å². The molecule has 0 saturated carbocycles. The van der Waals surface area contributed by atoms with E-state index in [4.69, 9.17) is 0 Å². The SMILES string of the molecule is O[C@H]1[C@H](O)CN(C[C@H]2CCCN(c3cccc(C(F)(F)F)n3)C2)C[C@@H]1O. The second-order valence-corrected chi connectivity index (χ2v) is 7.18. The van der Waals surface area contributed by atoms with Crippen molar-refractivity contribution < 1.29 is 28.5 Å². The Hall–Kier alpha value is -1.42. The molecule has 1 aromatic rings. The Balaban J connectivity index is 1.63. The molecule has 4 atom stereocenters. The Bertz CT molecular complexity index is 604. The molecule has 0 aromatic carbocycles. The molecule has 3 N–H and O–H groups in total. The average molecular weight is 375 g/mol. The van der Waals surface area contributed by atoms with Crippen LogP contribution in [-0.4, -0.2) is 76.2 Å². The van der Waals surface area contributed by atoms with E-state index in [0.29, 0.717) is 25.5 Å². The van der Waals surface area contributed by atoms with Crippen molar-refractivity contribution in [3.05, 3.63) is 23.9 Å². The van der Waals surface area contributed by atoms with Gasteiger partial charge in [0.15, 0.2) is 0 Å². The van der Waals surface area contributed by atoms with Crippen molar-refractivity contribution in [2.24, 2.45) is 5.92 Å². The number of rotatable bonds is 3. The first kappa shape index (κ1) is 19.3. The van der Waals surface area contributed by atoms with Crippen LogP contribution < -0.4 is 4.90 Å². The molecule has 2 aliphatic rings. The van der Waals surface area contributed by atoms with Crippen molar-refractivity contribution in [1.29, 1.82) is 0 Å². The summed E-state index contributed by atoms with van der Waals surface area (Å²) in [4.78, 5) is 7.51. The van der Waals surface area contributed by atoms with Crippen LogP contribution in [0.4, 0.5) is 19.0 Å². The lowest BCUT2D eigenvalue weighted by Crippen LogP contribution is -2.56. The van der Waals surface area contributed by atoms with Crippen molar-refractivity contribution in [3.63, 3.8) is 0 Å². The molecule has 9 heteroatoms. The van der Waals surface area contributed by atoms with E-state index >= 15 is 0 Å². The molecule has 0 unspecified atom stereocenters. The molecule has 26 heavy (non-hydrogen) atoms. The van der Waals surface area contributed by atoms with E-state index in [1.807, 2.05) is 9.80 Å². The number of alkyl halides is 3. The van der Waals surface area contributed by atoms with Crippen molar-refractivity contribution in [2.75, 3.05) is 37.6 Å². The maximum atomic E-state index is 12.9. The van der Waals surface area contributed by atoms with Gasteiger partial charge in [-0.25, -0.2) is 4.98 Å². The Labute approximate surface area is 149 Å². The quantitative estimate of drug-likeness (QED) is 0.722. The molecule has 2 saturated heterocycles. The Morgan fingerprint density at radius 1 is 1.08 bits per heavy atom. The van der Waals surface area contributed by atoms with Gasteiger partial charge < -0.3 is 20.2 Å². The maximum Gasteiger partial charge on any atom is 0.433 e. The highest BCUT2D eigenvalue weighted by molar-refractivity contribution is 5.40. The van der Waals surface area contributed by atoms with Crippen LogP contribution in [0.15, 0.2) is 18.2 Å². The van der Waals surface area contributed by atoms with Gasteiger partial charge in [0.1, 0.15) is 17.6 Å². The van der Waals surface area contributed by atoms with Crippen molar-refractivity contribution >= 4 is 5.82 Å². The highest BCUT2D eigenvalue weighted by Gasteiger charge is 2.35. The summed E-state index contributed by atoms with van der Waals surface area (Å²) in [5, 5.41) is 29.2. The van der Waals surface area contributed by atoms with Gasteiger partial charge in [0.25, 0.3) is 0 Å². The molecule has 0 amide bonds. The van der Waals surface area contributed by atoms with Gasteiger partial charge >= 0.3 is 6.18 Å². The summed E-state index contributed by atoms with van der Waals surface area (Å²) in [6.45, 7) is 2.37. The number of aliphatic hydroxyl groups excluding tert-OH is 3. The predicted octanol–water partition coefficient (Wildman–Crippen LogP) is 0.715. The summed E-state index contributed by atoms with van der Waals surface area (Å²) in [6, 6.07) is 3.92. The number of aromatic nitrogens is 1. The maximum absolute atomic E-state index is 12.9.